The van der Waals surface area contributed by atoms with Crippen molar-refractivity contribution in [3.05, 3.63) is 53.6 Å². The van der Waals surface area contributed by atoms with Crippen LogP contribution >= 0.6 is 0 Å². The fourth-order valence-corrected chi connectivity index (χ4v) is 1.93. The first-order valence-corrected chi connectivity index (χ1v) is 7.08. The molecule has 2 rings (SSSR count). The Hall–Kier alpha value is -2.39. The smallest absolute Gasteiger partial charge is 0.416 e. The Labute approximate surface area is 139 Å². The van der Waals surface area contributed by atoms with Crippen molar-refractivity contribution in [2.75, 3.05) is 18.5 Å². The van der Waals surface area contributed by atoms with Crippen LogP contribution in [0, 0.1) is 11.6 Å². The van der Waals surface area contributed by atoms with E-state index >= 15 is 0 Å². The molecule has 0 fully saturated rings. The molecular weight excluding hydrogens is 349 g/mol. The molecule has 0 aromatic heterocycles. The van der Waals surface area contributed by atoms with E-state index in [1.54, 1.807) is 6.07 Å². The van der Waals surface area contributed by atoms with Gasteiger partial charge in [0, 0.05) is 6.54 Å². The molecule has 1 unspecified atom stereocenters. The Morgan fingerprint density at radius 2 is 1.68 bits per heavy atom. The Bertz CT molecular complexity index is 713. The van der Waals surface area contributed by atoms with Crippen LogP contribution in [0.15, 0.2) is 36.4 Å². The van der Waals surface area contributed by atoms with Gasteiger partial charge in [0.2, 0.25) is 0 Å². The number of aliphatic hydroxyl groups excluding tert-OH is 2. The average molecular weight is 363 g/mol. The van der Waals surface area contributed by atoms with E-state index in [0.29, 0.717) is 0 Å². The van der Waals surface area contributed by atoms with Crippen molar-refractivity contribution in [1.82, 2.24) is 0 Å². The highest BCUT2D eigenvalue weighted by Crippen LogP contribution is 2.37. The second-order valence-corrected chi connectivity index (χ2v) is 5.08. The molecule has 9 heteroatoms. The van der Waals surface area contributed by atoms with E-state index in [0.717, 1.165) is 0 Å². The van der Waals surface area contributed by atoms with Gasteiger partial charge >= 0.3 is 6.18 Å². The lowest BCUT2D eigenvalue weighted by Crippen LogP contribution is -2.23. The van der Waals surface area contributed by atoms with Crippen molar-refractivity contribution in [2.24, 2.45) is 0 Å². The molecule has 3 N–H and O–H groups in total. The van der Waals surface area contributed by atoms with E-state index in [-0.39, 0.29) is 30.1 Å². The highest BCUT2D eigenvalue weighted by molar-refractivity contribution is 5.57. The van der Waals surface area contributed by atoms with Crippen LogP contribution in [0.2, 0.25) is 0 Å². The minimum absolute atomic E-state index is 0.0646. The van der Waals surface area contributed by atoms with Gasteiger partial charge in [0.05, 0.1) is 24.0 Å². The molecule has 0 aliphatic heterocycles. The summed E-state index contributed by atoms with van der Waals surface area (Å²) in [5.74, 6) is -4.05. The summed E-state index contributed by atoms with van der Waals surface area (Å²) in [4.78, 5) is 0. The fraction of sp³-hybridized carbons (Fsp3) is 0.250. The molecule has 0 spiro atoms. The van der Waals surface area contributed by atoms with Gasteiger partial charge in [-0.1, -0.05) is 12.1 Å². The lowest BCUT2D eigenvalue weighted by molar-refractivity contribution is -0.138. The number of aliphatic hydroxyl groups is 2. The topological polar surface area (TPSA) is 61.7 Å². The molecule has 2 aromatic carbocycles. The highest BCUT2D eigenvalue weighted by atomic mass is 19.4. The summed E-state index contributed by atoms with van der Waals surface area (Å²) >= 11 is 0. The van der Waals surface area contributed by atoms with Gasteiger partial charge in [-0.2, -0.15) is 13.2 Å². The van der Waals surface area contributed by atoms with Gasteiger partial charge in [-0.05, 0) is 24.3 Å². The number of hydrogen-bond donors (Lipinski definition) is 3. The number of alkyl halides is 3. The number of nitrogens with one attached hydrogen (secondary N) is 1. The van der Waals surface area contributed by atoms with E-state index in [1.807, 2.05) is 0 Å². The van der Waals surface area contributed by atoms with E-state index in [4.69, 9.17) is 9.84 Å². The zero-order valence-corrected chi connectivity index (χ0v) is 12.6. The van der Waals surface area contributed by atoms with Gasteiger partial charge in [-0.3, -0.25) is 0 Å². The summed E-state index contributed by atoms with van der Waals surface area (Å²) in [6.07, 6.45) is -5.97. The number of para-hydroxylation sites is 2. The maximum atomic E-state index is 13.9. The maximum Gasteiger partial charge on any atom is 0.416 e. The van der Waals surface area contributed by atoms with E-state index < -0.39 is 41.8 Å². The summed E-state index contributed by atoms with van der Waals surface area (Å²) in [6, 6.07) is 6.15. The number of hydrogen-bond acceptors (Lipinski definition) is 4. The molecule has 0 amide bonds. The summed E-state index contributed by atoms with van der Waals surface area (Å²) in [7, 11) is 0. The van der Waals surface area contributed by atoms with Gasteiger partial charge in [-0.25, -0.2) is 8.78 Å². The Balaban J connectivity index is 2.28. The predicted octanol–water partition coefficient (Wildman–Crippen LogP) is 3.54. The lowest BCUT2D eigenvalue weighted by atomic mass is 10.2. The van der Waals surface area contributed by atoms with Crippen LogP contribution in [0.5, 0.6) is 11.5 Å². The van der Waals surface area contributed by atoms with Crippen LogP contribution in [-0.2, 0) is 6.18 Å². The minimum atomic E-state index is -4.89. The van der Waals surface area contributed by atoms with Crippen molar-refractivity contribution in [3.63, 3.8) is 0 Å². The predicted molar refractivity (Wildman–Crippen MR) is 79.5 cm³/mol. The number of benzene rings is 2. The summed E-state index contributed by atoms with van der Waals surface area (Å²) in [5, 5.41) is 20.8. The Morgan fingerprint density at radius 3 is 2.24 bits per heavy atom. The molecule has 136 valence electrons. The molecule has 0 saturated carbocycles. The van der Waals surface area contributed by atoms with Crippen LogP contribution in [0.25, 0.3) is 0 Å². The standard InChI is InChI=1S/C16H14F5NO3/c17-11-5-9(16(19,20)21)6-12(18)15(11)25-14-4-2-1-3-13(14)22-7-10(24)8-23/h1-6,10,22-24H,7-8H2. The van der Waals surface area contributed by atoms with Gasteiger partial charge in [0.1, 0.15) is 0 Å². The molecule has 0 radical (unpaired) electrons. The third kappa shape index (κ3) is 4.80. The third-order valence-corrected chi connectivity index (χ3v) is 3.16. The molecule has 4 nitrogen and oxygen atoms in total. The highest BCUT2D eigenvalue weighted by Gasteiger charge is 2.33. The summed E-state index contributed by atoms with van der Waals surface area (Å²) < 4.78 is 70.5. The number of halogens is 5. The van der Waals surface area contributed by atoms with Gasteiger partial charge < -0.3 is 20.3 Å². The van der Waals surface area contributed by atoms with Crippen molar-refractivity contribution in [1.29, 1.82) is 0 Å². The monoisotopic (exact) mass is 363 g/mol. The number of anilines is 1. The van der Waals surface area contributed by atoms with Crippen molar-refractivity contribution >= 4 is 5.69 Å². The van der Waals surface area contributed by atoms with Crippen LogP contribution in [0.4, 0.5) is 27.6 Å². The normalized spacial score (nSPS) is 12.8. The second kappa shape index (κ2) is 7.66. The maximum absolute atomic E-state index is 13.9. The first kappa shape index (κ1) is 18.9. The average Bonchev–Trinajstić information content (AvgIpc) is 2.55. The van der Waals surface area contributed by atoms with Crippen molar-refractivity contribution in [2.45, 2.75) is 12.3 Å². The molecule has 25 heavy (non-hydrogen) atoms. The SMILES string of the molecule is OCC(O)CNc1ccccc1Oc1c(F)cc(C(F)(F)F)cc1F. The van der Waals surface area contributed by atoms with Crippen molar-refractivity contribution in [3.8, 4) is 11.5 Å². The molecule has 1 atom stereocenters. The van der Waals surface area contributed by atoms with Crippen LogP contribution in [-0.4, -0.2) is 29.5 Å². The Morgan fingerprint density at radius 1 is 1.08 bits per heavy atom. The van der Waals surface area contributed by atoms with E-state index in [1.165, 1.54) is 18.2 Å². The minimum Gasteiger partial charge on any atom is -0.449 e. The molecule has 0 heterocycles. The molecule has 0 aliphatic rings. The molecule has 2 aromatic rings. The molecule has 0 saturated heterocycles. The summed E-state index contributed by atoms with van der Waals surface area (Å²) in [5.41, 5.74) is -1.24. The zero-order valence-electron chi connectivity index (χ0n) is 12.6. The molecule has 0 bridgehead atoms. The quantitative estimate of drug-likeness (QED) is 0.687. The first-order chi connectivity index (χ1) is 11.7. The van der Waals surface area contributed by atoms with Gasteiger partial charge in [0.15, 0.2) is 23.1 Å². The molecular formula is C16H14F5NO3. The zero-order chi connectivity index (χ0) is 18.6. The molecule has 0 aliphatic carbocycles. The van der Waals surface area contributed by atoms with E-state index in [2.05, 4.69) is 5.32 Å². The lowest BCUT2D eigenvalue weighted by Gasteiger charge is -2.16. The van der Waals surface area contributed by atoms with Crippen LogP contribution in [0.1, 0.15) is 5.56 Å². The van der Waals surface area contributed by atoms with Gasteiger partial charge in [0.25, 0.3) is 0 Å². The Kier molecular flexibility index (Phi) is 5.81. The van der Waals surface area contributed by atoms with Crippen molar-refractivity contribution < 1.29 is 36.9 Å². The van der Waals surface area contributed by atoms with Crippen LogP contribution in [0.3, 0.4) is 0 Å². The number of rotatable bonds is 6. The van der Waals surface area contributed by atoms with Gasteiger partial charge in [-0.15, -0.1) is 0 Å². The second-order valence-electron chi connectivity index (χ2n) is 5.08. The first-order valence-electron chi connectivity index (χ1n) is 7.08. The van der Waals surface area contributed by atoms with Crippen LogP contribution < -0.4 is 10.1 Å². The largest absolute Gasteiger partial charge is 0.449 e. The number of ether oxygens (including phenoxy) is 1. The van der Waals surface area contributed by atoms with E-state index in [9.17, 15) is 27.1 Å². The fourth-order valence-electron chi connectivity index (χ4n) is 1.93. The third-order valence-electron chi connectivity index (χ3n) is 3.16. The summed E-state index contributed by atoms with van der Waals surface area (Å²) in [6.45, 7) is -0.576.